The van der Waals surface area contributed by atoms with Gasteiger partial charge < -0.3 is 15.7 Å². The Morgan fingerprint density at radius 3 is 2.62 bits per heavy atom. The van der Waals surface area contributed by atoms with Crippen molar-refractivity contribution in [3.63, 3.8) is 0 Å². The van der Waals surface area contributed by atoms with Crippen molar-refractivity contribution in [1.29, 1.82) is 0 Å². The number of carbonyl (C=O) groups excluding carboxylic acids is 1. The van der Waals surface area contributed by atoms with Crippen LogP contribution in [0.2, 0.25) is 0 Å². The molecule has 2 amide bonds. The molecule has 0 unspecified atom stereocenters. The molecule has 0 spiro atoms. The van der Waals surface area contributed by atoms with Crippen molar-refractivity contribution >= 4 is 17.4 Å². The molecular formula is C16H20N2O2S. The third-order valence-electron chi connectivity index (χ3n) is 3.17. The Kier molecular flexibility index (Phi) is 6.24. The van der Waals surface area contributed by atoms with E-state index in [4.69, 9.17) is 0 Å². The predicted molar refractivity (Wildman–Crippen MR) is 85.4 cm³/mol. The summed E-state index contributed by atoms with van der Waals surface area (Å²) >= 11 is 1.56. The van der Waals surface area contributed by atoms with Gasteiger partial charge in [0, 0.05) is 13.1 Å². The molecule has 0 saturated carbocycles. The zero-order valence-corrected chi connectivity index (χ0v) is 12.6. The van der Waals surface area contributed by atoms with Gasteiger partial charge in [-0.25, -0.2) is 4.79 Å². The summed E-state index contributed by atoms with van der Waals surface area (Å²) in [6.45, 7) is 1.05. The average Bonchev–Trinajstić information content (AvgIpc) is 3.02. The van der Waals surface area contributed by atoms with Gasteiger partial charge >= 0.3 is 6.03 Å². The molecule has 0 aliphatic heterocycles. The Balaban J connectivity index is 1.57. The van der Waals surface area contributed by atoms with Crippen molar-refractivity contribution in [2.24, 2.45) is 0 Å². The molecule has 1 atom stereocenters. The van der Waals surface area contributed by atoms with Gasteiger partial charge in [0.2, 0.25) is 0 Å². The normalized spacial score (nSPS) is 11.9. The van der Waals surface area contributed by atoms with E-state index in [2.05, 4.69) is 10.6 Å². The molecule has 0 radical (unpaired) electrons. The van der Waals surface area contributed by atoms with Gasteiger partial charge in [0.05, 0.1) is 6.10 Å². The first-order valence-electron chi connectivity index (χ1n) is 7.01. The number of aliphatic hydroxyl groups excluding tert-OH is 1. The van der Waals surface area contributed by atoms with Crippen LogP contribution >= 0.6 is 11.3 Å². The maximum atomic E-state index is 11.6. The van der Waals surface area contributed by atoms with Crippen LogP contribution in [0.1, 0.15) is 23.7 Å². The largest absolute Gasteiger partial charge is 0.388 e. The molecule has 21 heavy (non-hydrogen) atoms. The van der Waals surface area contributed by atoms with Crippen LogP contribution in [0.4, 0.5) is 4.79 Å². The number of benzene rings is 1. The highest BCUT2D eigenvalue weighted by atomic mass is 32.1. The number of aliphatic hydroxyl groups is 1. The van der Waals surface area contributed by atoms with Crippen LogP contribution in [0.15, 0.2) is 47.2 Å². The third-order valence-corrected chi connectivity index (χ3v) is 3.87. The van der Waals surface area contributed by atoms with Crippen molar-refractivity contribution in [2.75, 3.05) is 13.1 Å². The van der Waals surface area contributed by atoms with E-state index in [1.54, 1.807) is 11.3 Å². The monoisotopic (exact) mass is 304 g/mol. The lowest BCUT2D eigenvalue weighted by Gasteiger charge is -2.11. The topological polar surface area (TPSA) is 61.4 Å². The molecular weight excluding hydrogens is 284 g/mol. The molecule has 0 saturated heterocycles. The highest BCUT2D eigenvalue weighted by Crippen LogP contribution is 2.18. The van der Waals surface area contributed by atoms with Crippen LogP contribution in [-0.2, 0) is 6.42 Å². The predicted octanol–water partition coefficient (Wildman–Crippen LogP) is 2.71. The molecule has 1 aromatic carbocycles. The number of carbonyl (C=O) groups is 1. The van der Waals surface area contributed by atoms with E-state index in [0.717, 1.165) is 12.0 Å². The van der Waals surface area contributed by atoms with Crippen molar-refractivity contribution in [2.45, 2.75) is 18.9 Å². The van der Waals surface area contributed by atoms with Gasteiger partial charge in [0.25, 0.3) is 0 Å². The van der Waals surface area contributed by atoms with Crippen LogP contribution in [0.5, 0.6) is 0 Å². The standard InChI is InChI=1S/C16H20N2O2S/c19-15(14-8-11-21-12-14)7-10-18-16(20)17-9-6-13-4-2-1-3-5-13/h1-5,8,11-12,15,19H,6-7,9-10H2,(H2,17,18,20)/t15-/m0/s1. The van der Waals surface area contributed by atoms with E-state index in [1.807, 2.05) is 47.2 Å². The molecule has 0 aliphatic carbocycles. The van der Waals surface area contributed by atoms with Gasteiger partial charge in [0.15, 0.2) is 0 Å². The molecule has 4 nitrogen and oxygen atoms in total. The minimum atomic E-state index is -0.513. The van der Waals surface area contributed by atoms with E-state index < -0.39 is 6.10 Å². The van der Waals surface area contributed by atoms with Gasteiger partial charge in [-0.1, -0.05) is 30.3 Å². The lowest BCUT2D eigenvalue weighted by molar-refractivity contribution is 0.167. The minimum absolute atomic E-state index is 0.191. The van der Waals surface area contributed by atoms with Gasteiger partial charge in [0.1, 0.15) is 0 Å². The van der Waals surface area contributed by atoms with E-state index >= 15 is 0 Å². The van der Waals surface area contributed by atoms with E-state index in [-0.39, 0.29) is 6.03 Å². The average molecular weight is 304 g/mol. The number of urea groups is 1. The molecule has 2 aromatic rings. The SMILES string of the molecule is O=C(NCCc1ccccc1)NCC[C@H](O)c1ccsc1. The number of hydrogen-bond acceptors (Lipinski definition) is 3. The summed E-state index contributed by atoms with van der Waals surface area (Å²) in [5, 5.41) is 19.3. The quantitative estimate of drug-likeness (QED) is 0.736. The lowest BCUT2D eigenvalue weighted by atomic mass is 10.1. The Morgan fingerprint density at radius 1 is 1.14 bits per heavy atom. The van der Waals surface area contributed by atoms with Crippen molar-refractivity contribution in [3.05, 3.63) is 58.3 Å². The molecule has 0 fully saturated rings. The van der Waals surface area contributed by atoms with Gasteiger partial charge in [-0.05, 0) is 40.8 Å². The van der Waals surface area contributed by atoms with E-state index in [1.165, 1.54) is 5.56 Å². The van der Waals surface area contributed by atoms with Gasteiger partial charge in [-0.2, -0.15) is 11.3 Å². The summed E-state index contributed by atoms with van der Waals surface area (Å²) in [7, 11) is 0. The van der Waals surface area contributed by atoms with E-state index in [0.29, 0.717) is 19.5 Å². The second-order valence-electron chi connectivity index (χ2n) is 4.78. The van der Waals surface area contributed by atoms with Crippen LogP contribution in [0.25, 0.3) is 0 Å². The van der Waals surface area contributed by atoms with Crippen molar-refractivity contribution in [1.82, 2.24) is 10.6 Å². The first-order chi connectivity index (χ1) is 10.3. The molecule has 1 aromatic heterocycles. The number of amides is 2. The number of thiophene rings is 1. The fraction of sp³-hybridized carbons (Fsp3) is 0.312. The molecule has 0 aliphatic rings. The van der Waals surface area contributed by atoms with E-state index in [9.17, 15) is 9.90 Å². The first-order valence-corrected chi connectivity index (χ1v) is 7.96. The third kappa shape index (κ3) is 5.57. The van der Waals surface area contributed by atoms with Crippen LogP contribution in [0, 0.1) is 0 Å². The Morgan fingerprint density at radius 2 is 1.90 bits per heavy atom. The zero-order chi connectivity index (χ0) is 14.9. The second kappa shape index (κ2) is 8.44. The molecule has 5 heteroatoms. The van der Waals surface area contributed by atoms with Gasteiger partial charge in [-0.15, -0.1) is 0 Å². The summed E-state index contributed by atoms with van der Waals surface area (Å²) in [4.78, 5) is 11.6. The maximum absolute atomic E-state index is 11.6. The summed E-state index contributed by atoms with van der Waals surface area (Å²) in [5.74, 6) is 0. The maximum Gasteiger partial charge on any atom is 0.314 e. The Labute approximate surface area is 128 Å². The fourth-order valence-electron chi connectivity index (χ4n) is 1.98. The zero-order valence-electron chi connectivity index (χ0n) is 11.8. The molecule has 2 rings (SSSR count). The summed E-state index contributed by atoms with van der Waals surface area (Å²) in [6, 6.07) is 11.7. The second-order valence-corrected chi connectivity index (χ2v) is 5.56. The van der Waals surface area contributed by atoms with Crippen molar-refractivity contribution in [3.8, 4) is 0 Å². The summed E-state index contributed by atoms with van der Waals surface area (Å²) in [6.07, 6.45) is 0.815. The lowest BCUT2D eigenvalue weighted by Crippen LogP contribution is -2.37. The Hall–Kier alpha value is -1.85. The minimum Gasteiger partial charge on any atom is -0.388 e. The molecule has 1 heterocycles. The molecule has 112 valence electrons. The first kappa shape index (κ1) is 15.5. The fourth-order valence-corrected chi connectivity index (χ4v) is 2.69. The molecule has 0 bridgehead atoms. The van der Waals surface area contributed by atoms with Crippen LogP contribution < -0.4 is 10.6 Å². The summed E-state index contributed by atoms with van der Waals surface area (Å²) < 4.78 is 0. The van der Waals surface area contributed by atoms with Crippen molar-refractivity contribution < 1.29 is 9.90 Å². The van der Waals surface area contributed by atoms with Crippen LogP contribution in [0.3, 0.4) is 0 Å². The highest BCUT2D eigenvalue weighted by Gasteiger charge is 2.08. The highest BCUT2D eigenvalue weighted by molar-refractivity contribution is 7.07. The number of rotatable bonds is 7. The number of nitrogens with one attached hydrogen (secondary N) is 2. The van der Waals surface area contributed by atoms with Gasteiger partial charge in [-0.3, -0.25) is 0 Å². The number of hydrogen-bond donors (Lipinski definition) is 3. The van der Waals surface area contributed by atoms with Crippen LogP contribution in [-0.4, -0.2) is 24.2 Å². The summed E-state index contributed by atoms with van der Waals surface area (Å²) in [5.41, 5.74) is 2.11. The smallest absolute Gasteiger partial charge is 0.314 e. The Bertz CT molecular complexity index is 528. The molecule has 3 N–H and O–H groups in total.